The van der Waals surface area contributed by atoms with Gasteiger partial charge in [0.05, 0.1) is 6.54 Å². The summed E-state index contributed by atoms with van der Waals surface area (Å²) in [7, 11) is 0. The van der Waals surface area contributed by atoms with E-state index in [4.69, 9.17) is 0 Å². The Morgan fingerprint density at radius 3 is 2.75 bits per heavy atom. The third-order valence-corrected chi connectivity index (χ3v) is 3.94. The zero-order chi connectivity index (χ0) is 16.2. The monoisotopic (exact) mass is 459 g/mol. The average Bonchev–Trinajstić information content (AvgIpc) is 3.10. The number of aromatic nitrogens is 1. The fraction of sp³-hybridized carbons (Fsp3) is 0.412. The maximum Gasteiger partial charge on any atom is 0.191 e. The van der Waals surface area contributed by atoms with Crippen molar-refractivity contribution in [3.63, 3.8) is 0 Å². The molecular formula is C17H26IN5S. The maximum absolute atomic E-state index is 4.60. The first kappa shape index (κ1) is 20.7. The summed E-state index contributed by atoms with van der Waals surface area (Å²) in [6.45, 7) is 5.52. The number of rotatable bonds is 9. The average molecular weight is 459 g/mol. The molecule has 0 saturated heterocycles. The first-order chi connectivity index (χ1) is 11.4. The standard InChI is InChI=1S/C17H25N5S.HI/c1-2-18-17(22-13-15-8-12-23-14-15)21-11-6-5-10-20-16-7-3-4-9-19-16;/h3-4,7-9,12,14H,2,5-6,10-11,13H2,1H3,(H,19,20)(H2,18,21,22);1H. The molecule has 0 aliphatic carbocycles. The SMILES string of the molecule is CCNC(=NCc1ccsc1)NCCCCNc1ccccn1.I. The minimum absolute atomic E-state index is 0. The van der Waals surface area contributed by atoms with Crippen LogP contribution in [0.25, 0.3) is 0 Å². The number of hydrogen-bond donors (Lipinski definition) is 3. The summed E-state index contributed by atoms with van der Waals surface area (Å²) >= 11 is 1.71. The van der Waals surface area contributed by atoms with E-state index in [0.29, 0.717) is 0 Å². The lowest BCUT2D eigenvalue weighted by atomic mass is 10.3. The second kappa shape index (κ2) is 13.0. The van der Waals surface area contributed by atoms with Gasteiger partial charge in [-0.15, -0.1) is 24.0 Å². The van der Waals surface area contributed by atoms with Gasteiger partial charge in [-0.2, -0.15) is 11.3 Å². The minimum Gasteiger partial charge on any atom is -0.370 e. The number of hydrogen-bond acceptors (Lipinski definition) is 4. The van der Waals surface area contributed by atoms with Gasteiger partial charge >= 0.3 is 0 Å². The van der Waals surface area contributed by atoms with Gasteiger partial charge < -0.3 is 16.0 Å². The molecule has 0 amide bonds. The van der Waals surface area contributed by atoms with Crippen LogP contribution in [0.3, 0.4) is 0 Å². The number of anilines is 1. The fourth-order valence-corrected chi connectivity index (χ4v) is 2.70. The van der Waals surface area contributed by atoms with Gasteiger partial charge in [0, 0.05) is 25.8 Å². The minimum atomic E-state index is 0. The smallest absolute Gasteiger partial charge is 0.191 e. The van der Waals surface area contributed by atoms with E-state index in [1.54, 1.807) is 17.5 Å². The quantitative estimate of drug-likeness (QED) is 0.232. The van der Waals surface area contributed by atoms with E-state index in [0.717, 1.165) is 50.8 Å². The molecule has 5 nitrogen and oxygen atoms in total. The lowest BCUT2D eigenvalue weighted by Crippen LogP contribution is -2.37. The Hall–Kier alpha value is -1.35. The molecule has 0 aliphatic heterocycles. The number of thiophene rings is 1. The highest BCUT2D eigenvalue weighted by atomic mass is 127. The van der Waals surface area contributed by atoms with Crippen molar-refractivity contribution in [1.82, 2.24) is 15.6 Å². The van der Waals surface area contributed by atoms with Crippen molar-refractivity contribution >= 4 is 47.1 Å². The third kappa shape index (κ3) is 8.49. The largest absolute Gasteiger partial charge is 0.370 e. The van der Waals surface area contributed by atoms with E-state index < -0.39 is 0 Å². The van der Waals surface area contributed by atoms with Gasteiger partial charge in [0.15, 0.2) is 5.96 Å². The van der Waals surface area contributed by atoms with Crippen molar-refractivity contribution < 1.29 is 0 Å². The summed E-state index contributed by atoms with van der Waals surface area (Å²) < 4.78 is 0. The molecule has 0 aromatic carbocycles. The molecule has 132 valence electrons. The van der Waals surface area contributed by atoms with Crippen molar-refractivity contribution in [2.75, 3.05) is 25.0 Å². The van der Waals surface area contributed by atoms with E-state index in [-0.39, 0.29) is 24.0 Å². The Balaban J connectivity index is 0.00000288. The normalized spacial score (nSPS) is 10.8. The van der Waals surface area contributed by atoms with Gasteiger partial charge in [-0.25, -0.2) is 9.98 Å². The van der Waals surface area contributed by atoms with Crippen LogP contribution in [0.4, 0.5) is 5.82 Å². The highest BCUT2D eigenvalue weighted by Gasteiger charge is 1.98. The molecule has 0 spiro atoms. The predicted octanol–water partition coefficient (Wildman–Crippen LogP) is 3.71. The molecule has 2 aromatic rings. The number of nitrogens with one attached hydrogen (secondary N) is 3. The highest BCUT2D eigenvalue weighted by molar-refractivity contribution is 14.0. The lowest BCUT2D eigenvalue weighted by molar-refractivity contribution is 0.712. The van der Waals surface area contributed by atoms with Crippen LogP contribution in [0.5, 0.6) is 0 Å². The molecule has 3 N–H and O–H groups in total. The maximum atomic E-state index is 4.60. The predicted molar refractivity (Wildman–Crippen MR) is 115 cm³/mol. The van der Waals surface area contributed by atoms with Crippen LogP contribution >= 0.6 is 35.3 Å². The number of pyridine rings is 1. The Bertz CT molecular complexity index is 560. The van der Waals surface area contributed by atoms with E-state index in [1.807, 2.05) is 18.2 Å². The van der Waals surface area contributed by atoms with Crippen LogP contribution in [0.15, 0.2) is 46.2 Å². The highest BCUT2D eigenvalue weighted by Crippen LogP contribution is 2.06. The fourth-order valence-electron chi connectivity index (χ4n) is 2.04. The summed E-state index contributed by atoms with van der Waals surface area (Å²) in [6, 6.07) is 8.01. The number of guanidine groups is 1. The Kier molecular flexibility index (Phi) is 11.2. The van der Waals surface area contributed by atoms with Crippen LogP contribution < -0.4 is 16.0 Å². The summed E-state index contributed by atoms with van der Waals surface area (Å²) in [5, 5.41) is 14.2. The summed E-state index contributed by atoms with van der Waals surface area (Å²) in [5.41, 5.74) is 1.26. The molecule has 2 heterocycles. The molecule has 0 aliphatic rings. The molecule has 0 saturated carbocycles. The van der Waals surface area contributed by atoms with Crippen molar-refractivity contribution in [2.24, 2.45) is 4.99 Å². The molecular weight excluding hydrogens is 433 g/mol. The molecule has 7 heteroatoms. The van der Waals surface area contributed by atoms with Gasteiger partial charge in [0.2, 0.25) is 0 Å². The van der Waals surface area contributed by atoms with Crippen LogP contribution in [0.2, 0.25) is 0 Å². The topological polar surface area (TPSA) is 61.3 Å². The Labute approximate surface area is 165 Å². The van der Waals surface area contributed by atoms with E-state index in [2.05, 4.69) is 49.7 Å². The van der Waals surface area contributed by atoms with E-state index >= 15 is 0 Å². The van der Waals surface area contributed by atoms with Gasteiger partial charge in [-0.3, -0.25) is 0 Å². The van der Waals surface area contributed by atoms with Crippen molar-refractivity contribution in [2.45, 2.75) is 26.3 Å². The number of nitrogens with zero attached hydrogens (tertiary/aromatic N) is 2. The first-order valence-corrected chi connectivity index (χ1v) is 9.01. The summed E-state index contributed by atoms with van der Waals surface area (Å²) in [6.07, 6.45) is 3.98. The molecule has 2 aromatic heterocycles. The van der Waals surface area contributed by atoms with Crippen LogP contribution in [0, 0.1) is 0 Å². The Morgan fingerprint density at radius 2 is 2.04 bits per heavy atom. The third-order valence-electron chi connectivity index (χ3n) is 3.21. The van der Waals surface area contributed by atoms with Crippen molar-refractivity contribution in [3.05, 3.63) is 46.8 Å². The zero-order valence-corrected chi connectivity index (χ0v) is 17.1. The van der Waals surface area contributed by atoms with Crippen LogP contribution in [-0.4, -0.2) is 30.6 Å². The second-order valence-corrected chi connectivity index (χ2v) is 5.88. The van der Waals surface area contributed by atoms with Gasteiger partial charge in [-0.05, 0) is 54.3 Å². The van der Waals surface area contributed by atoms with Gasteiger partial charge in [-0.1, -0.05) is 6.07 Å². The Morgan fingerprint density at radius 1 is 1.17 bits per heavy atom. The number of halogens is 1. The van der Waals surface area contributed by atoms with Crippen molar-refractivity contribution in [3.8, 4) is 0 Å². The van der Waals surface area contributed by atoms with Gasteiger partial charge in [0.25, 0.3) is 0 Å². The molecule has 24 heavy (non-hydrogen) atoms. The molecule has 0 unspecified atom stereocenters. The van der Waals surface area contributed by atoms with Crippen LogP contribution in [0.1, 0.15) is 25.3 Å². The molecule has 0 atom stereocenters. The van der Waals surface area contributed by atoms with E-state index in [9.17, 15) is 0 Å². The lowest BCUT2D eigenvalue weighted by Gasteiger charge is -2.11. The van der Waals surface area contributed by atoms with Crippen molar-refractivity contribution in [1.29, 1.82) is 0 Å². The summed E-state index contributed by atoms with van der Waals surface area (Å²) in [5.74, 6) is 1.82. The first-order valence-electron chi connectivity index (χ1n) is 8.06. The number of aliphatic imine (C=N–C) groups is 1. The molecule has 0 radical (unpaired) electrons. The number of unbranched alkanes of at least 4 members (excludes halogenated alkanes) is 1. The molecule has 0 fully saturated rings. The zero-order valence-electron chi connectivity index (χ0n) is 14.0. The van der Waals surface area contributed by atoms with E-state index in [1.165, 1.54) is 5.56 Å². The molecule has 2 rings (SSSR count). The summed E-state index contributed by atoms with van der Waals surface area (Å²) in [4.78, 5) is 8.84. The second-order valence-electron chi connectivity index (χ2n) is 5.10. The van der Waals surface area contributed by atoms with Crippen LogP contribution in [-0.2, 0) is 6.54 Å². The van der Waals surface area contributed by atoms with Gasteiger partial charge in [0.1, 0.15) is 5.82 Å². The molecule has 0 bridgehead atoms.